The monoisotopic (exact) mass is 325 g/mol. The number of carbonyl (C=O) groups excluding carboxylic acids is 1. The number of nitrogens with one attached hydrogen (secondary N) is 1. The molecule has 0 aliphatic carbocycles. The second-order valence-corrected chi connectivity index (χ2v) is 5.49. The summed E-state index contributed by atoms with van der Waals surface area (Å²) in [5.41, 5.74) is 3.16. The number of methoxy groups -OCH3 is 3. The van der Waals surface area contributed by atoms with E-state index in [1.165, 1.54) is 21.3 Å². The Morgan fingerprint density at radius 1 is 0.958 bits per heavy atom. The number of H-pyrrole nitrogens is 1. The summed E-state index contributed by atoms with van der Waals surface area (Å²) in [5, 5.41) is 0.888. The van der Waals surface area contributed by atoms with Crippen molar-refractivity contribution >= 4 is 16.7 Å². The summed E-state index contributed by atoms with van der Waals surface area (Å²) in [6.45, 7) is 2.01. The minimum atomic E-state index is -0.107. The van der Waals surface area contributed by atoms with Gasteiger partial charge in [-0.1, -0.05) is 12.1 Å². The van der Waals surface area contributed by atoms with Crippen molar-refractivity contribution in [2.45, 2.75) is 6.92 Å². The van der Waals surface area contributed by atoms with Crippen molar-refractivity contribution in [3.05, 3.63) is 53.2 Å². The number of aromatic nitrogens is 1. The molecular weight excluding hydrogens is 306 g/mol. The number of aryl methyl sites for hydroxylation is 1. The van der Waals surface area contributed by atoms with Crippen molar-refractivity contribution in [1.29, 1.82) is 0 Å². The van der Waals surface area contributed by atoms with Crippen LogP contribution in [0, 0.1) is 6.92 Å². The molecular formula is C19H19NO4. The molecule has 5 heteroatoms. The number of ketones is 1. The minimum absolute atomic E-state index is 0.107. The number of ether oxygens (including phenoxy) is 3. The molecule has 5 nitrogen and oxygen atoms in total. The maximum atomic E-state index is 13.0. The lowest BCUT2D eigenvalue weighted by atomic mass is 10.0. The van der Waals surface area contributed by atoms with Crippen LogP contribution in [-0.2, 0) is 0 Å². The first-order chi connectivity index (χ1) is 11.6. The molecule has 0 saturated heterocycles. The van der Waals surface area contributed by atoms with Crippen LogP contribution >= 0.6 is 0 Å². The van der Waals surface area contributed by atoms with Crippen molar-refractivity contribution in [2.75, 3.05) is 21.3 Å². The van der Waals surface area contributed by atoms with E-state index in [2.05, 4.69) is 4.98 Å². The predicted molar refractivity (Wildman–Crippen MR) is 92.6 cm³/mol. The zero-order valence-electron chi connectivity index (χ0n) is 14.1. The topological polar surface area (TPSA) is 60.6 Å². The zero-order chi connectivity index (χ0) is 17.3. The number of benzene rings is 2. The zero-order valence-corrected chi connectivity index (χ0v) is 14.1. The fourth-order valence-corrected chi connectivity index (χ4v) is 2.80. The van der Waals surface area contributed by atoms with Crippen molar-refractivity contribution in [3.63, 3.8) is 0 Å². The molecule has 0 unspecified atom stereocenters. The largest absolute Gasteiger partial charge is 0.493 e. The Morgan fingerprint density at radius 2 is 1.62 bits per heavy atom. The Kier molecular flexibility index (Phi) is 4.16. The van der Waals surface area contributed by atoms with Crippen LogP contribution in [-0.4, -0.2) is 32.1 Å². The summed E-state index contributed by atoms with van der Waals surface area (Å²) in [4.78, 5) is 16.1. The lowest BCUT2D eigenvalue weighted by Gasteiger charge is -2.13. The van der Waals surface area contributed by atoms with Gasteiger partial charge < -0.3 is 19.2 Å². The summed E-state index contributed by atoms with van der Waals surface area (Å²) in [5.74, 6) is 1.27. The average molecular weight is 325 g/mol. The number of fused-ring (bicyclic) bond motifs is 1. The summed E-state index contributed by atoms with van der Waals surface area (Å²) in [6.07, 6.45) is 1.73. The molecule has 0 radical (unpaired) electrons. The van der Waals surface area contributed by atoms with Crippen molar-refractivity contribution in [1.82, 2.24) is 4.98 Å². The molecule has 0 bridgehead atoms. The minimum Gasteiger partial charge on any atom is -0.493 e. The van der Waals surface area contributed by atoms with Crippen LogP contribution in [0.15, 0.2) is 36.5 Å². The third kappa shape index (κ3) is 2.58. The second kappa shape index (κ2) is 6.28. The van der Waals surface area contributed by atoms with Gasteiger partial charge in [0, 0.05) is 28.2 Å². The number of aromatic amines is 1. The van der Waals surface area contributed by atoms with Gasteiger partial charge in [0.2, 0.25) is 5.75 Å². The van der Waals surface area contributed by atoms with Crippen LogP contribution in [0.4, 0.5) is 0 Å². The fraction of sp³-hybridized carbons (Fsp3) is 0.211. The molecule has 1 aromatic heterocycles. The molecule has 0 saturated carbocycles. The normalized spacial score (nSPS) is 10.7. The summed E-state index contributed by atoms with van der Waals surface area (Å²) in [7, 11) is 4.59. The van der Waals surface area contributed by atoms with Crippen molar-refractivity contribution in [3.8, 4) is 17.2 Å². The van der Waals surface area contributed by atoms with Gasteiger partial charge in [-0.3, -0.25) is 4.79 Å². The molecule has 124 valence electrons. The summed E-state index contributed by atoms with van der Waals surface area (Å²) < 4.78 is 15.9. The van der Waals surface area contributed by atoms with E-state index >= 15 is 0 Å². The van der Waals surface area contributed by atoms with Gasteiger partial charge in [0.25, 0.3) is 0 Å². The predicted octanol–water partition coefficient (Wildman–Crippen LogP) is 3.73. The molecule has 1 N–H and O–H groups in total. The second-order valence-electron chi connectivity index (χ2n) is 5.49. The molecule has 3 aromatic rings. The third-order valence-corrected chi connectivity index (χ3v) is 4.01. The molecule has 0 aliphatic rings. The van der Waals surface area contributed by atoms with E-state index in [1.54, 1.807) is 18.3 Å². The number of carbonyl (C=O) groups is 1. The highest BCUT2D eigenvalue weighted by Gasteiger charge is 2.20. The van der Waals surface area contributed by atoms with Gasteiger partial charge in [-0.15, -0.1) is 0 Å². The van der Waals surface area contributed by atoms with Gasteiger partial charge in [0.15, 0.2) is 17.3 Å². The maximum Gasteiger partial charge on any atom is 0.203 e. The van der Waals surface area contributed by atoms with E-state index < -0.39 is 0 Å². The van der Waals surface area contributed by atoms with Crippen LogP contribution < -0.4 is 14.2 Å². The Labute approximate surface area is 140 Å². The van der Waals surface area contributed by atoms with Gasteiger partial charge in [0.05, 0.1) is 21.3 Å². The first-order valence-corrected chi connectivity index (χ1v) is 7.51. The molecule has 0 fully saturated rings. The van der Waals surface area contributed by atoms with E-state index in [0.717, 1.165) is 16.5 Å². The van der Waals surface area contributed by atoms with Crippen molar-refractivity contribution < 1.29 is 19.0 Å². The van der Waals surface area contributed by atoms with Crippen LogP contribution in [0.2, 0.25) is 0 Å². The highest BCUT2D eigenvalue weighted by Crippen LogP contribution is 2.39. The fourth-order valence-electron chi connectivity index (χ4n) is 2.80. The van der Waals surface area contributed by atoms with E-state index in [9.17, 15) is 4.79 Å². The maximum absolute atomic E-state index is 13.0. The number of rotatable bonds is 5. The Bertz CT molecular complexity index is 886. The standard InChI is InChI=1S/C19H19NO4/c1-11-5-6-13-14(10-20-15(13)7-11)18(21)12-8-16(22-2)19(24-4)17(9-12)23-3/h5-10,20H,1-4H3. The smallest absolute Gasteiger partial charge is 0.203 e. The van der Waals surface area contributed by atoms with E-state index in [0.29, 0.717) is 28.4 Å². The molecule has 3 rings (SSSR count). The van der Waals surface area contributed by atoms with Gasteiger partial charge in [0.1, 0.15) is 0 Å². The van der Waals surface area contributed by atoms with Crippen LogP contribution in [0.25, 0.3) is 10.9 Å². The van der Waals surface area contributed by atoms with E-state index in [1.807, 2.05) is 25.1 Å². The van der Waals surface area contributed by atoms with Crippen LogP contribution in [0.5, 0.6) is 17.2 Å². The quantitative estimate of drug-likeness (QED) is 0.726. The molecule has 2 aromatic carbocycles. The van der Waals surface area contributed by atoms with E-state index in [-0.39, 0.29) is 5.78 Å². The van der Waals surface area contributed by atoms with Crippen molar-refractivity contribution in [2.24, 2.45) is 0 Å². The SMILES string of the molecule is COc1cc(C(=O)c2c[nH]c3cc(C)ccc23)cc(OC)c1OC. The first-order valence-electron chi connectivity index (χ1n) is 7.51. The lowest BCUT2D eigenvalue weighted by molar-refractivity contribution is 0.103. The molecule has 0 atom stereocenters. The third-order valence-electron chi connectivity index (χ3n) is 4.01. The Morgan fingerprint density at radius 3 is 2.21 bits per heavy atom. The van der Waals surface area contributed by atoms with Crippen LogP contribution in [0.3, 0.4) is 0 Å². The molecule has 0 spiro atoms. The van der Waals surface area contributed by atoms with Gasteiger partial charge in [-0.25, -0.2) is 0 Å². The molecule has 0 amide bonds. The number of hydrogen-bond donors (Lipinski definition) is 1. The first kappa shape index (κ1) is 15.9. The van der Waals surface area contributed by atoms with Gasteiger partial charge in [-0.05, 0) is 30.7 Å². The summed E-state index contributed by atoms with van der Waals surface area (Å²) in [6, 6.07) is 9.28. The summed E-state index contributed by atoms with van der Waals surface area (Å²) >= 11 is 0. The molecule has 0 aliphatic heterocycles. The molecule has 24 heavy (non-hydrogen) atoms. The Hall–Kier alpha value is -2.95. The Balaban J connectivity index is 2.12. The van der Waals surface area contributed by atoms with Crippen LogP contribution in [0.1, 0.15) is 21.5 Å². The highest BCUT2D eigenvalue weighted by molar-refractivity contribution is 6.16. The van der Waals surface area contributed by atoms with Gasteiger partial charge >= 0.3 is 0 Å². The lowest BCUT2D eigenvalue weighted by Crippen LogP contribution is -2.03. The number of hydrogen-bond acceptors (Lipinski definition) is 4. The molecule has 1 heterocycles. The highest BCUT2D eigenvalue weighted by atomic mass is 16.5. The van der Waals surface area contributed by atoms with Gasteiger partial charge in [-0.2, -0.15) is 0 Å². The average Bonchev–Trinajstić information content (AvgIpc) is 3.02. The van der Waals surface area contributed by atoms with E-state index in [4.69, 9.17) is 14.2 Å².